The Labute approximate surface area is 121 Å². The molecule has 2 aromatic rings. The second kappa shape index (κ2) is 6.35. The summed E-state index contributed by atoms with van der Waals surface area (Å²) in [5.41, 5.74) is 1.12. The van der Waals surface area contributed by atoms with Gasteiger partial charge in [-0.15, -0.1) is 0 Å². The van der Waals surface area contributed by atoms with Gasteiger partial charge < -0.3 is 4.74 Å². The lowest BCUT2D eigenvalue weighted by molar-refractivity contribution is 0.104. The average Bonchev–Trinajstić information content (AvgIpc) is 2.46. The van der Waals surface area contributed by atoms with Crippen molar-refractivity contribution in [2.24, 2.45) is 0 Å². The number of ketones is 1. The van der Waals surface area contributed by atoms with E-state index in [2.05, 4.69) is 0 Å². The van der Waals surface area contributed by atoms with Crippen LogP contribution in [0.4, 0.5) is 4.39 Å². The summed E-state index contributed by atoms with van der Waals surface area (Å²) in [5.74, 6) is -0.0816. The van der Waals surface area contributed by atoms with Crippen molar-refractivity contribution in [3.8, 4) is 5.75 Å². The molecule has 4 heteroatoms. The van der Waals surface area contributed by atoms with Gasteiger partial charge in [0.05, 0.1) is 12.7 Å². The van der Waals surface area contributed by atoms with Gasteiger partial charge in [0.2, 0.25) is 0 Å². The third-order valence-corrected chi connectivity index (χ3v) is 2.96. The third kappa shape index (κ3) is 3.45. The van der Waals surface area contributed by atoms with Crippen molar-refractivity contribution in [3.05, 3.63) is 70.5 Å². The molecule has 0 aromatic heterocycles. The molecule has 2 nitrogen and oxygen atoms in total. The minimum Gasteiger partial charge on any atom is -0.496 e. The normalized spacial score (nSPS) is 10.8. The van der Waals surface area contributed by atoms with Crippen molar-refractivity contribution in [2.75, 3.05) is 7.11 Å². The molecule has 0 aliphatic rings. The molecule has 2 aromatic carbocycles. The predicted molar refractivity (Wildman–Crippen MR) is 77.8 cm³/mol. The van der Waals surface area contributed by atoms with Gasteiger partial charge >= 0.3 is 0 Å². The van der Waals surface area contributed by atoms with Gasteiger partial charge in [0.25, 0.3) is 0 Å². The zero-order valence-electron chi connectivity index (χ0n) is 10.8. The topological polar surface area (TPSA) is 26.3 Å². The SMILES string of the molecule is COc1ccc(Cl)cc1C(=O)/C=C/c1ccc(F)cc1. The van der Waals surface area contributed by atoms with E-state index in [1.54, 1.807) is 36.4 Å². The Morgan fingerprint density at radius 1 is 1.20 bits per heavy atom. The molecule has 0 aliphatic carbocycles. The maximum absolute atomic E-state index is 12.8. The van der Waals surface area contributed by atoms with Gasteiger partial charge in [0.1, 0.15) is 11.6 Å². The number of carbonyl (C=O) groups is 1. The number of ether oxygens (including phenoxy) is 1. The van der Waals surface area contributed by atoms with E-state index < -0.39 is 0 Å². The van der Waals surface area contributed by atoms with Crippen LogP contribution in [0.15, 0.2) is 48.5 Å². The Morgan fingerprint density at radius 3 is 2.55 bits per heavy atom. The molecular weight excluding hydrogens is 279 g/mol. The van der Waals surface area contributed by atoms with Gasteiger partial charge in [-0.05, 0) is 42.0 Å². The molecule has 0 heterocycles. The summed E-state index contributed by atoms with van der Waals surface area (Å²) in [7, 11) is 1.49. The molecule has 0 fully saturated rings. The van der Waals surface area contributed by atoms with E-state index in [1.165, 1.54) is 25.3 Å². The minimum absolute atomic E-state index is 0.228. The lowest BCUT2D eigenvalue weighted by Crippen LogP contribution is -1.98. The van der Waals surface area contributed by atoms with Gasteiger partial charge in [-0.3, -0.25) is 4.79 Å². The van der Waals surface area contributed by atoms with Crippen LogP contribution in [0.1, 0.15) is 15.9 Å². The zero-order valence-corrected chi connectivity index (χ0v) is 11.5. The highest BCUT2D eigenvalue weighted by molar-refractivity contribution is 6.31. The number of halogens is 2. The van der Waals surface area contributed by atoms with E-state index in [0.29, 0.717) is 16.3 Å². The van der Waals surface area contributed by atoms with Gasteiger partial charge in [-0.1, -0.05) is 29.8 Å². The Kier molecular flexibility index (Phi) is 4.53. The number of carbonyl (C=O) groups excluding carboxylic acids is 1. The average molecular weight is 291 g/mol. The van der Waals surface area contributed by atoms with Crippen molar-refractivity contribution < 1.29 is 13.9 Å². The van der Waals surface area contributed by atoms with Crippen LogP contribution in [-0.4, -0.2) is 12.9 Å². The first-order valence-electron chi connectivity index (χ1n) is 5.91. The van der Waals surface area contributed by atoms with Crippen LogP contribution < -0.4 is 4.74 Å². The van der Waals surface area contributed by atoms with Crippen LogP contribution >= 0.6 is 11.6 Å². The molecular formula is C16H12ClFO2. The molecule has 0 aliphatic heterocycles. The largest absolute Gasteiger partial charge is 0.496 e. The smallest absolute Gasteiger partial charge is 0.189 e. The molecule has 2 rings (SSSR count). The van der Waals surface area contributed by atoms with E-state index in [1.807, 2.05) is 0 Å². The van der Waals surface area contributed by atoms with E-state index in [4.69, 9.17) is 16.3 Å². The highest BCUT2D eigenvalue weighted by atomic mass is 35.5. The van der Waals surface area contributed by atoms with Crippen LogP contribution in [0.5, 0.6) is 5.75 Å². The second-order valence-electron chi connectivity index (χ2n) is 4.09. The van der Waals surface area contributed by atoms with Gasteiger partial charge in [0, 0.05) is 5.02 Å². The molecule has 0 atom stereocenters. The number of hydrogen-bond donors (Lipinski definition) is 0. The fourth-order valence-corrected chi connectivity index (χ4v) is 1.88. The fourth-order valence-electron chi connectivity index (χ4n) is 1.71. The number of hydrogen-bond acceptors (Lipinski definition) is 2. The van der Waals surface area contributed by atoms with Gasteiger partial charge in [0.15, 0.2) is 5.78 Å². The van der Waals surface area contributed by atoms with Crippen molar-refractivity contribution >= 4 is 23.5 Å². The van der Waals surface area contributed by atoms with Crippen LogP contribution in [-0.2, 0) is 0 Å². The minimum atomic E-state index is -0.315. The lowest BCUT2D eigenvalue weighted by Gasteiger charge is -2.05. The maximum Gasteiger partial charge on any atom is 0.189 e. The number of methoxy groups -OCH3 is 1. The Bertz CT molecular complexity index is 648. The Morgan fingerprint density at radius 2 is 1.90 bits per heavy atom. The first-order valence-corrected chi connectivity index (χ1v) is 6.29. The maximum atomic E-state index is 12.8. The summed E-state index contributed by atoms with van der Waals surface area (Å²) < 4.78 is 17.9. The molecule has 20 heavy (non-hydrogen) atoms. The van der Waals surface area contributed by atoms with Gasteiger partial charge in [-0.25, -0.2) is 4.39 Å². The van der Waals surface area contributed by atoms with Crippen molar-refractivity contribution in [1.29, 1.82) is 0 Å². The van der Waals surface area contributed by atoms with Gasteiger partial charge in [-0.2, -0.15) is 0 Å². The first kappa shape index (κ1) is 14.3. The molecule has 0 radical (unpaired) electrons. The van der Waals surface area contributed by atoms with E-state index in [9.17, 15) is 9.18 Å². The molecule has 0 unspecified atom stereocenters. The quantitative estimate of drug-likeness (QED) is 0.617. The molecule has 0 bridgehead atoms. The summed E-state index contributed by atoms with van der Waals surface area (Å²) in [6.45, 7) is 0. The molecule has 0 amide bonds. The molecule has 0 N–H and O–H groups in total. The zero-order chi connectivity index (χ0) is 14.5. The number of rotatable bonds is 4. The highest BCUT2D eigenvalue weighted by Crippen LogP contribution is 2.23. The molecule has 0 saturated carbocycles. The monoisotopic (exact) mass is 290 g/mol. The lowest BCUT2D eigenvalue weighted by atomic mass is 10.1. The highest BCUT2D eigenvalue weighted by Gasteiger charge is 2.10. The van der Waals surface area contributed by atoms with Crippen LogP contribution in [0.2, 0.25) is 5.02 Å². The van der Waals surface area contributed by atoms with E-state index in [0.717, 1.165) is 5.56 Å². The standard InChI is InChI=1S/C16H12ClFO2/c1-20-16-9-5-12(17)10-14(16)15(19)8-4-11-2-6-13(18)7-3-11/h2-10H,1H3/b8-4+. The number of allylic oxidation sites excluding steroid dienone is 1. The summed E-state index contributed by atoms with van der Waals surface area (Å²) in [4.78, 5) is 12.1. The van der Waals surface area contributed by atoms with E-state index in [-0.39, 0.29) is 11.6 Å². The Balaban J connectivity index is 2.23. The molecule has 102 valence electrons. The van der Waals surface area contributed by atoms with Crippen LogP contribution in [0.25, 0.3) is 6.08 Å². The summed E-state index contributed by atoms with van der Waals surface area (Å²) in [6.07, 6.45) is 3.02. The Hall–Kier alpha value is -2.13. The first-order chi connectivity index (χ1) is 9.60. The second-order valence-corrected chi connectivity index (χ2v) is 4.53. The van der Waals surface area contributed by atoms with E-state index >= 15 is 0 Å². The van der Waals surface area contributed by atoms with Crippen molar-refractivity contribution in [2.45, 2.75) is 0 Å². The summed E-state index contributed by atoms with van der Waals surface area (Å²) in [5, 5.41) is 0.462. The van der Waals surface area contributed by atoms with Crippen LogP contribution in [0, 0.1) is 5.82 Å². The predicted octanol–water partition coefficient (Wildman–Crippen LogP) is 4.38. The molecule has 0 spiro atoms. The molecule has 0 saturated heterocycles. The third-order valence-electron chi connectivity index (χ3n) is 2.72. The van der Waals surface area contributed by atoms with Crippen molar-refractivity contribution in [3.63, 3.8) is 0 Å². The fraction of sp³-hybridized carbons (Fsp3) is 0.0625. The number of benzene rings is 2. The van der Waals surface area contributed by atoms with Crippen LogP contribution in [0.3, 0.4) is 0 Å². The summed E-state index contributed by atoms with van der Waals surface area (Å²) in [6, 6.07) is 10.7. The van der Waals surface area contributed by atoms with Crippen molar-refractivity contribution in [1.82, 2.24) is 0 Å². The summed E-state index contributed by atoms with van der Waals surface area (Å²) >= 11 is 5.88.